The number of aliphatic imine (C=N–C) groups is 1. The Morgan fingerprint density at radius 1 is 1.04 bits per heavy atom. The van der Waals surface area contributed by atoms with Crippen LogP contribution in [0.4, 0.5) is 24.5 Å². The molecule has 0 unspecified atom stereocenters. The van der Waals surface area contributed by atoms with Crippen molar-refractivity contribution in [2.45, 2.75) is 44.5 Å². The third-order valence-corrected chi connectivity index (χ3v) is 7.57. The maximum atomic E-state index is 13.6. The number of guanidine groups is 1. The molecule has 1 atom stereocenters. The topological polar surface area (TPSA) is 140 Å². The number of aliphatic hydroxyl groups excluding tert-OH is 1. The lowest BCUT2D eigenvalue weighted by Crippen LogP contribution is -2.37. The molecule has 0 radical (unpaired) electrons. The number of carboxylic acid groups (broad SMARTS) is 1. The number of alkyl halides is 3. The van der Waals surface area contributed by atoms with E-state index in [9.17, 15) is 27.9 Å². The van der Waals surface area contributed by atoms with Crippen molar-refractivity contribution in [1.82, 2.24) is 5.32 Å². The molecule has 0 saturated heterocycles. The van der Waals surface area contributed by atoms with Gasteiger partial charge in [0.2, 0.25) is 5.96 Å². The fraction of sp³-hybridized carbons (Fsp3) is 0.281. The number of benzene rings is 3. The van der Waals surface area contributed by atoms with Crippen LogP contribution in [-0.4, -0.2) is 47.4 Å². The van der Waals surface area contributed by atoms with E-state index in [2.05, 4.69) is 37.6 Å². The van der Waals surface area contributed by atoms with Crippen LogP contribution in [0.5, 0.6) is 0 Å². The molecule has 0 fully saturated rings. The highest BCUT2D eigenvalue weighted by Crippen LogP contribution is 2.34. The van der Waals surface area contributed by atoms with Gasteiger partial charge in [0.15, 0.2) is 6.10 Å². The molecule has 1 aliphatic rings. The highest BCUT2D eigenvalue weighted by molar-refractivity contribution is 9.10. The highest BCUT2D eigenvalue weighted by Gasteiger charge is 2.31. The maximum absolute atomic E-state index is 13.6. The summed E-state index contributed by atoms with van der Waals surface area (Å²) in [4.78, 5) is 29.4. The molecule has 3 aromatic rings. The molecule has 0 aromatic heterocycles. The van der Waals surface area contributed by atoms with Gasteiger partial charge in [-0.2, -0.15) is 13.2 Å². The van der Waals surface area contributed by atoms with Gasteiger partial charge in [0.05, 0.1) is 25.3 Å². The monoisotopic (exact) mass is 687 g/mol. The number of carbonyl (C=O) groups excluding carboxylic acids is 1. The number of halogens is 4. The van der Waals surface area contributed by atoms with Crippen LogP contribution < -0.4 is 21.3 Å². The van der Waals surface area contributed by atoms with Gasteiger partial charge in [-0.3, -0.25) is 4.79 Å². The first-order chi connectivity index (χ1) is 21.4. The molecule has 0 aliphatic heterocycles. The van der Waals surface area contributed by atoms with Gasteiger partial charge >= 0.3 is 12.1 Å². The van der Waals surface area contributed by atoms with Gasteiger partial charge in [-0.25, -0.2) is 9.79 Å². The smallest absolute Gasteiger partial charge is 0.416 e. The number of hydrogen-bond acceptors (Lipinski definition) is 5. The third kappa shape index (κ3) is 9.40. The van der Waals surface area contributed by atoms with Crippen LogP contribution in [-0.2, 0) is 17.5 Å². The Labute approximate surface area is 266 Å². The average molecular weight is 689 g/mol. The second-order valence-electron chi connectivity index (χ2n) is 10.4. The number of rotatable bonds is 10. The van der Waals surface area contributed by atoms with Gasteiger partial charge in [0.25, 0.3) is 5.91 Å². The minimum Gasteiger partial charge on any atom is -0.479 e. The van der Waals surface area contributed by atoms with Crippen LogP contribution in [0.25, 0.3) is 5.57 Å². The van der Waals surface area contributed by atoms with Crippen LogP contribution >= 0.6 is 15.9 Å². The van der Waals surface area contributed by atoms with Crippen molar-refractivity contribution in [3.05, 3.63) is 99.5 Å². The molecule has 1 amide bonds. The van der Waals surface area contributed by atoms with E-state index in [1.807, 2.05) is 24.3 Å². The van der Waals surface area contributed by atoms with Gasteiger partial charge in [-0.15, -0.1) is 0 Å². The Morgan fingerprint density at radius 2 is 1.76 bits per heavy atom. The van der Waals surface area contributed by atoms with E-state index in [0.29, 0.717) is 5.69 Å². The Kier molecular flexibility index (Phi) is 11.4. The minimum atomic E-state index is -4.56. The normalized spacial score (nSPS) is 14.4. The lowest BCUT2D eigenvalue weighted by Gasteiger charge is -2.28. The van der Waals surface area contributed by atoms with Crippen molar-refractivity contribution in [1.29, 1.82) is 0 Å². The first kappa shape index (κ1) is 33.7. The summed E-state index contributed by atoms with van der Waals surface area (Å²) >= 11 is 3.16. The van der Waals surface area contributed by atoms with Gasteiger partial charge in [-0.05, 0) is 84.8 Å². The summed E-state index contributed by atoms with van der Waals surface area (Å²) in [5.41, 5.74) is 9.16. The number of hydrogen-bond donors (Lipinski definition) is 5. The molecule has 3 aromatic carbocycles. The molecular weight excluding hydrogens is 655 g/mol. The molecule has 45 heavy (non-hydrogen) atoms. The summed E-state index contributed by atoms with van der Waals surface area (Å²) in [6.45, 7) is -0.397. The molecule has 0 bridgehead atoms. The SMILES string of the molecule is NC/N=C(/Nc1cc(Br)cc(C(F)(F)F)c1)N(Cc1ccc(C(=O)NC[C@@H](O)C(=O)O)cc1)c1ccc(C2=CCCCC2)cc1. The number of aliphatic hydroxyl groups is 1. The zero-order chi connectivity index (χ0) is 32.6. The molecule has 0 spiro atoms. The maximum Gasteiger partial charge on any atom is 0.416 e. The summed E-state index contributed by atoms with van der Waals surface area (Å²) in [6, 6.07) is 17.8. The summed E-state index contributed by atoms with van der Waals surface area (Å²) < 4.78 is 40.9. The number of nitrogens with one attached hydrogen (secondary N) is 2. The summed E-state index contributed by atoms with van der Waals surface area (Å²) in [6.07, 6.45) is 0.256. The van der Waals surface area contributed by atoms with Gasteiger partial charge in [0, 0.05) is 21.4 Å². The summed E-state index contributed by atoms with van der Waals surface area (Å²) in [5.74, 6) is -1.80. The van der Waals surface area contributed by atoms with E-state index >= 15 is 0 Å². The minimum absolute atomic E-state index is 0.147. The Balaban J connectivity index is 1.64. The fourth-order valence-electron chi connectivity index (χ4n) is 4.80. The number of allylic oxidation sites excluding steroid dienone is 2. The number of anilines is 2. The first-order valence-electron chi connectivity index (χ1n) is 14.2. The van der Waals surface area contributed by atoms with Gasteiger partial charge in [0.1, 0.15) is 0 Å². The molecule has 4 rings (SSSR count). The van der Waals surface area contributed by atoms with E-state index in [-0.39, 0.29) is 34.9 Å². The molecule has 238 valence electrons. The number of carboxylic acids is 1. The molecule has 6 N–H and O–H groups in total. The van der Waals surface area contributed by atoms with Crippen LogP contribution in [0.15, 0.2) is 82.3 Å². The largest absolute Gasteiger partial charge is 0.479 e. The van der Waals surface area contributed by atoms with Gasteiger partial charge < -0.3 is 31.5 Å². The lowest BCUT2D eigenvalue weighted by atomic mass is 9.93. The van der Waals surface area contributed by atoms with Crippen molar-refractivity contribution < 1.29 is 33.0 Å². The Bertz CT molecular complexity index is 1560. The second-order valence-corrected chi connectivity index (χ2v) is 11.3. The lowest BCUT2D eigenvalue weighted by molar-refractivity contribution is -0.146. The zero-order valence-electron chi connectivity index (χ0n) is 24.1. The van der Waals surface area contributed by atoms with Crippen molar-refractivity contribution in [2.75, 3.05) is 23.4 Å². The predicted molar refractivity (Wildman–Crippen MR) is 171 cm³/mol. The summed E-state index contributed by atoms with van der Waals surface area (Å²) in [7, 11) is 0. The zero-order valence-corrected chi connectivity index (χ0v) is 25.7. The third-order valence-electron chi connectivity index (χ3n) is 7.12. The van der Waals surface area contributed by atoms with Crippen LogP contribution in [0.3, 0.4) is 0 Å². The van der Waals surface area contributed by atoms with Crippen LogP contribution in [0, 0.1) is 0 Å². The quantitative estimate of drug-likeness (QED) is 0.130. The highest BCUT2D eigenvalue weighted by atomic mass is 79.9. The van der Waals surface area contributed by atoms with Crippen LogP contribution in [0.2, 0.25) is 0 Å². The van der Waals surface area contributed by atoms with Crippen molar-refractivity contribution in [3.8, 4) is 0 Å². The molecule has 13 heteroatoms. The molecule has 0 heterocycles. The Hall–Kier alpha value is -4.20. The van der Waals surface area contributed by atoms with E-state index in [1.165, 1.54) is 11.6 Å². The fourth-order valence-corrected chi connectivity index (χ4v) is 5.29. The van der Waals surface area contributed by atoms with Crippen molar-refractivity contribution in [2.24, 2.45) is 10.7 Å². The predicted octanol–water partition coefficient (Wildman–Crippen LogP) is 5.99. The van der Waals surface area contributed by atoms with E-state index in [1.54, 1.807) is 29.2 Å². The molecule has 0 saturated carbocycles. The standard InChI is InChI=1S/C32H33BrF3N5O4/c33-25-14-24(32(34,35)36)15-26(16-25)40-31(39-19-37)41(27-12-10-22(11-13-27)21-4-2-1-3-5-21)18-20-6-8-23(9-7-20)29(43)38-17-28(42)30(44)45/h4,6-16,28,42H,1-3,5,17-19,37H2,(H,38,43)(H,39,40)(H,44,45)/t28-/m1/s1. The van der Waals surface area contributed by atoms with Crippen molar-refractivity contribution >= 4 is 50.7 Å². The van der Waals surface area contributed by atoms with E-state index in [0.717, 1.165) is 48.9 Å². The second kappa shape index (κ2) is 15.2. The van der Waals surface area contributed by atoms with Crippen LogP contribution in [0.1, 0.15) is 52.7 Å². The first-order valence-corrected chi connectivity index (χ1v) is 15.0. The number of nitrogens with two attached hydrogens (primary N) is 1. The van der Waals surface area contributed by atoms with Crippen molar-refractivity contribution in [3.63, 3.8) is 0 Å². The number of nitrogens with zero attached hydrogens (tertiary/aromatic N) is 2. The molecule has 9 nitrogen and oxygen atoms in total. The van der Waals surface area contributed by atoms with E-state index < -0.39 is 36.3 Å². The number of amides is 1. The summed E-state index contributed by atoms with van der Waals surface area (Å²) in [5, 5.41) is 23.6. The Morgan fingerprint density at radius 3 is 2.36 bits per heavy atom. The molecule has 1 aliphatic carbocycles. The number of aliphatic carboxylic acids is 1. The average Bonchev–Trinajstić information content (AvgIpc) is 3.02. The number of carbonyl (C=O) groups is 2. The van der Waals surface area contributed by atoms with Gasteiger partial charge in [-0.1, -0.05) is 46.3 Å². The molecular formula is C32H33BrF3N5O4. The van der Waals surface area contributed by atoms with E-state index in [4.69, 9.17) is 10.8 Å².